The first kappa shape index (κ1) is 15.8. The molecular weight excluding hydrogens is 316 g/mol. The van der Waals surface area contributed by atoms with Gasteiger partial charge >= 0.3 is 0 Å². The molecule has 7 nitrogen and oxygen atoms in total. The predicted molar refractivity (Wildman–Crippen MR) is 96.7 cm³/mol. The highest BCUT2D eigenvalue weighted by atomic mass is 16.5. The van der Waals surface area contributed by atoms with Crippen LogP contribution in [0.15, 0.2) is 24.5 Å². The van der Waals surface area contributed by atoms with E-state index in [2.05, 4.69) is 38.9 Å². The van der Waals surface area contributed by atoms with Gasteiger partial charge < -0.3 is 9.64 Å². The molecule has 1 saturated heterocycles. The lowest BCUT2D eigenvalue weighted by molar-refractivity contribution is 0.279. The molecular formula is C18H22N6O. The molecule has 0 spiro atoms. The number of fused-ring (bicyclic) bond motifs is 1. The van der Waals surface area contributed by atoms with Crippen molar-refractivity contribution >= 4 is 17.0 Å². The number of methoxy groups -OCH3 is 1. The van der Waals surface area contributed by atoms with Gasteiger partial charge in [-0.05, 0) is 24.3 Å². The highest BCUT2D eigenvalue weighted by Gasteiger charge is 2.26. The molecule has 1 aliphatic heterocycles. The van der Waals surface area contributed by atoms with Crippen LogP contribution in [0.4, 0.5) is 5.82 Å². The summed E-state index contributed by atoms with van der Waals surface area (Å²) < 4.78 is 5.10. The number of aromatic amines is 1. The number of pyridine rings is 1. The molecule has 25 heavy (non-hydrogen) atoms. The summed E-state index contributed by atoms with van der Waals surface area (Å²) in [7, 11) is 1.60. The molecule has 0 aliphatic carbocycles. The third kappa shape index (κ3) is 3.01. The number of hydrogen-bond acceptors (Lipinski definition) is 6. The topological polar surface area (TPSA) is 79.8 Å². The molecule has 3 aromatic rings. The van der Waals surface area contributed by atoms with E-state index in [9.17, 15) is 0 Å². The zero-order valence-electron chi connectivity index (χ0n) is 14.8. The fourth-order valence-corrected chi connectivity index (χ4v) is 3.13. The number of aromatic nitrogens is 5. The van der Waals surface area contributed by atoms with E-state index >= 15 is 0 Å². The minimum absolute atomic E-state index is 0.412. The van der Waals surface area contributed by atoms with Gasteiger partial charge in [-0.25, -0.2) is 15.0 Å². The van der Waals surface area contributed by atoms with Crippen molar-refractivity contribution in [1.82, 2.24) is 25.1 Å². The second-order valence-electron chi connectivity index (χ2n) is 7.24. The maximum atomic E-state index is 5.10. The summed E-state index contributed by atoms with van der Waals surface area (Å²) in [6.45, 7) is 6.66. The molecule has 0 radical (unpaired) electrons. The van der Waals surface area contributed by atoms with Crippen LogP contribution < -0.4 is 9.64 Å². The predicted octanol–water partition coefficient (Wildman–Crippen LogP) is 3.05. The van der Waals surface area contributed by atoms with Gasteiger partial charge in [-0.1, -0.05) is 13.8 Å². The normalized spacial score (nSPS) is 17.0. The monoisotopic (exact) mass is 338 g/mol. The van der Waals surface area contributed by atoms with E-state index in [0.29, 0.717) is 16.9 Å². The molecule has 0 saturated carbocycles. The molecule has 0 bridgehead atoms. The maximum absolute atomic E-state index is 5.10. The van der Waals surface area contributed by atoms with Crippen LogP contribution >= 0.6 is 0 Å². The Morgan fingerprint density at radius 3 is 2.60 bits per heavy atom. The Morgan fingerprint density at radius 2 is 1.92 bits per heavy atom. The van der Waals surface area contributed by atoms with Crippen LogP contribution in [0.5, 0.6) is 5.88 Å². The molecule has 7 heteroatoms. The van der Waals surface area contributed by atoms with Crippen LogP contribution in [0.1, 0.15) is 26.7 Å². The lowest BCUT2D eigenvalue weighted by Crippen LogP contribution is -2.37. The fraction of sp³-hybridized carbons (Fsp3) is 0.444. The number of nitrogens with zero attached hydrogens (tertiary/aromatic N) is 5. The van der Waals surface area contributed by atoms with E-state index in [1.807, 2.05) is 18.3 Å². The van der Waals surface area contributed by atoms with Gasteiger partial charge in [0.1, 0.15) is 11.3 Å². The van der Waals surface area contributed by atoms with E-state index in [4.69, 9.17) is 9.72 Å². The maximum Gasteiger partial charge on any atom is 0.212 e. The minimum Gasteiger partial charge on any atom is -0.481 e. The van der Waals surface area contributed by atoms with E-state index in [-0.39, 0.29) is 0 Å². The zero-order valence-corrected chi connectivity index (χ0v) is 14.8. The van der Waals surface area contributed by atoms with Crippen molar-refractivity contribution in [1.29, 1.82) is 0 Å². The largest absolute Gasteiger partial charge is 0.481 e. The number of ether oxygens (including phenoxy) is 1. The summed E-state index contributed by atoms with van der Waals surface area (Å²) in [4.78, 5) is 15.8. The molecule has 3 aromatic heterocycles. The Kier molecular flexibility index (Phi) is 3.78. The first-order valence-electron chi connectivity index (χ1n) is 8.52. The Hall–Kier alpha value is -2.70. The van der Waals surface area contributed by atoms with Gasteiger partial charge in [0.05, 0.1) is 19.0 Å². The molecule has 4 rings (SSSR count). The van der Waals surface area contributed by atoms with Crippen molar-refractivity contribution in [2.45, 2.75) is 26.7 Å². The molecule has 1 N–H and O–H groups in total. The third-order valence-electron chi connectivity index (χ3n) is 4.93. The Labute approximate surface area is 146 Å². The van der Waals surface area contributed by atoms with Gasteiger partial charge in [0.15, 0.2) is 0 Å². The molecule has 0 amide bonds. The number of nitrogens with one attached hydrogen (secondary N) is 1. The van der Waals surface area contributed by atoms with Gasteiger partial charge in [-0.15, -0.1) is 0 Å². The van der Waals surface area contributed by atoms with Crippen LogP contribution in [0, 0.1) is 5.41 Å². The van der Waals surface area contributed by atoms with E-state index in [1.165, 1.54) is 0 Å². The average molecular weight is 338 g/mol. The first-order valence-corrected chi connectivity index (χ1v) is 8.52. The van der Waals surface area contributed by atoms with Gasteiger partial charge in [0.25, 0.3) is 0 Å². The minimum atomic E-state index is 0.412. The van der Waals surface area contributed by atoms with E-state index in [0.717, 1.165) is 48.5 Å². The number of rotatable bonds is 3. The van der Waals surface area contributed by atoms with Crippen molar-refractivity contribution in [2.75, 3.05) is 25.1 Å². The summed E-state index contributed by atoms with van der Waals surface area (Å²) in [5, 5.41) is 7.37. The van der Waals surface area contributed by atoms with Gasteiger partial charge in [0, 0.05) is 30.9 Å². The van der Waals surface area contributed by atoms with Crippen LogP contribution in [-0.2, 0) is 0 Å². The number of H-pyrrole nitrogens is 1. The van der Waals surface area contributed by atoms with Crippen molar-refractivity contribution in [3.05, 3.63) is 24.5 Å². The molecule has 1 aliphatic rings. The third-order valence-corrected chi connectivity index (χ3v) is 4.93. The standard InChI is InChI=1S/C18H22N6O/c1-18(2)6-8-24(9-7-18)13-11-20-16-15(22-23-17(16)21-13)12-4-5-14(25-3)19-10-12/h4-5,10-11H,6-9H2,1-3H3,(H,21,22,23). The summed E-state index contributed by atoms with van der Waals surface area (Å²) in [6.07, 6.45) is 5.91. The van der Waals surface area contributed by atoms with Crippen LogP contribution in [0.25, 0.3) is 22.4 Å². The van der Waals surface area contributed by atoms with Crippen molar-refractivity contribution in [3.8, 4) is 17.1 Å². The Balaban J connectivity index is 1.62. The highest BCUT2D eigenvalue weighted by Crippen LogP contribution is 2.32. The molecule has 4 heterocycles. The van der Waals surface area contributed by atoms with Gasteiger partial charge in [0.2, 0.25) is 11.5 Å². The Morgan fingerprint density at radius 1 is 1.12 bits per heavy atom. The molecule has 130 valence electrons. The van der Waals surface area contributed by atoms with Gasteiger partial charge in [-0.2, -0.15) is 5.10 Å². The lowest BCUT2D eigenvalue weighted by atomic mass is 9.83. The quantitative estimate of drug-likeness (QED) is 0.790. The van der Waals surface area contributed by atoms with Crippen LogP contribution in [-0.4, -0.2) is 45.3 Å². The SMILES string of the molecule is COc1ccc(-c2[nH]nc3nc(N4CCC(C)(C)CC4)cnc23)cn1. The molecule has 0 unspecified atom stereocenters. The number of anilines is 1. The average Bonchev–Trinajstić information content (AvgIpc) is 3.05. The van der Waals surface area contributed by atoms with Crippen LogP contribution in [0.2, 0.25) is 0 Å². The van der Waals surface area contributed by atoms with Crippen molar-refractivity contribution in [2.24, 2.45) is 5.41 Å². The molecule has 0 atom stereocenters. The summed E-state index contributed by atoms with van der Waals surface area (Å²) >= 11 is 0. The van der Waals surface area contributed by atoms with Crippen LogP contribution in [0.3, 0.4) is 0 Å². The van der Waals surface area contributed by atoms with Crippen molar-refractivity contribution < 1.29 is 4.74 Å². The second-order valence-corrected chi connectivity index (χ2v) is 7.24. The molecule has 1 fully saturated rings. The molecule has 0 aromatic carbocycles. The number of piperidine rings is 1. The van der Waals surface area contributed by atoms with Gasteiger partial charge in [-0.3, -0.25) is 5.10 Å². The fourth-order valence-electron chi connectivity index (χ4n) is 3.13. The first-order chi connectivity index (χ1) is 12.1. The van der Waals surface area contributed by atoms with E-state index in [1.54, 1.807) is 13.3 Å². The summed E-state index contributed by atoms with van der Waals surface area (Å²) in [5.74, 6) is 1.47. The van der Waals surface area contributed by atoms with Crippen molar-refractivity contribution in [3.63, 3.8) is 0 Å². The Bertz CT molecular complexity index is 876. The zero-order chi connectivity index (χ0) is 17.4. The lowest BCUT2D eigenvalue weighted by Gasteiger charge is -2.37. The highest BCUT2D eigenvalue weighted by molar-refractivity contribution is 5.87. The summed E-state index contributed by atoms with van der Waals surface area (Å²) in [5.41, 5.74) is 3.53. The number of hydrogen-bond donors (Lipinski definition) is 1. The van der Waals surface area contributed by atoms with E-state index < -0.39 is 0 Å². The summed E-state index contributed by atoms with van der Waals surface area (Å²) in [6, 6.07) is 3.75. The smallest absolute Gasteiger partial charge is 0.212 e. The second kappa shape index (κ2) is 5.98.